The van der Waals surface area contributed by atoms with E-state index in [0.717, 1.165) is 16.6 Å². The lowest BCUT2D eigenvalue weighted by molar-refractivity contribution is -0.135. The molecule has 0 amide bonds. The van der Waals surface area contributed by atoms with Gasteiger partial charge in [0, 0.05) is 27.6 Å². The topological polar surface area (TPSA) is 53.1 Å². The number of benzene rings is 1. The number of aromatic amines is 1. The number of ketones is 1. The molecule has 0 saturated carbocycles. The third kappa shape index (κ3) is 2.06. The van der Waals surface area contributed by atoms with Crippen molar-refractivity contribution >= 4 is 16.7 Å². The summed E-state index contributed by atoms with van der Waals surface area (Å²) in [4.78, 5) is 15.4. The largest absolute Gasteiger partial charge is 0.380 e. The quantitative estimate of drug-likeness (QED) is 0.854. The number of fused-ring (bicyclic) bond motifs is 1. The molecule has 0 spiro atoms. The number of Topliss-reactive ketones (excluding diaryl/α,β-unsaturated/α-hetero) is 1. The second-order valence-corrected chi connectivity index (χ2v) is 5.73. The van der Waals surface area contributed by atoms with Crippen LogP contribution in [0.15, 0.2) is 24.3 Å². The maximum Gasteiger partial charge on any atom is 0.171 e. The Bertz CT molecular complexity index is 590. The number of hydrogen-bond acceptors (Lipinski definition) is 2. The van der Waals surface area contributed by atoms with E-state index in [1.807, 2.05) is 52.0 Å². The Balaban J connectivity index is 2.54. The number of aromatic nitrogens is 1. The predicted molar refractivity (Wildman–Crippen MR) is 72.5 cm³/mol. The third-order valence-corrected chi connectivity index (χ3v) is 3.20. The summed E-state index contributed by atoms with van der Waals surface area (Å²) in [6.45, 7) is 7.35. The zero-order chi connectivity index (χ0) is 13.5. The number of para-hydroxylation sites is 1. The smallest absolute Gasteiger partial charge is 0.171 e. The second-order valence-electron chi connectivity index (χ2n) is 5.73. The Morgan fingerprint density at radius 2 is 1.89 bits per heavy atom. The maximum absolute atomic E-state index is 12.2. The monoisotopic (exact) mass is 245 g/mol. The first-order chi connectivity index (χ1) is 8.32. The Morgan fingerprint density at radius 1 is 1.28 bits per heavy atom. The standard InChI is InChI=1S/C15H19NO2/c1-9-12(13(17)14(18)15(2,3)4)10-7-5-6-8-11(10)16-9/h5-8,13,16-17H,1-4H3. The fourth-order valence-corrected chi connectivity index (χ4v) is 2.19. The van der Waals surface area contributed by atoms with E-state index >= 15 is 0 Å². The van der Waals surface area contributed by atoms with E-state index in [9.17, 15) is 9.90 Å². The molecule has 0 aliphatic carbocycles. The lowest BCUT2D eigenvalue weighted by Gasteiger charge is -2.21. The summed E-state index contributed by atoms with van der Waals surface area (Å²) in [5.74, 6) is -0.157. The second kappa shape index (κ2) is 4.25. The van der Waals surface area contributed by atoms with Gasteiger partial charge in [-0.3, -0.25) is 4.79 Å². The average Bonchev–Trinajstić information content (AvgIpc) is 2.61. The molecule has 96 valence electrons. The van der Waals surface area contributed by atoms with Gasteiger partial charge in [0.15, 0.2) is 5.78 Å². The van der Waals surface area contributed by atoms with Crippen LogP contribution in [0.2, 0.25) is 0 Å². The zero-order valence-corrected chi connectivity index (χ0v) is 11.2. The van der Waals surface area contributed by atoms with Gasteiger partial charge in [0.05, 0.1) is 0 Å². The normalized spacial score (nSPS) is 13.8. The molecule has 0 saturated heterocycles. The van der Waals surface area contributed by atoms with Crippen molar-refractivity contribution in [2.75, 3.05) is 0 Å². The molecule has 1 unspecified atom stereocenters. The number of nitrogens with one attached hydrogen (secondary N) is 1. The minimum Gasteiger partial charge on any atom is -0.380 e. The van der Waals surface area contributed by atoms with Crippen molar-refractivity contribution < 1.29 is 9.90 Å². The molecule has 2 N–H and O–H groups in total. The van der Waals surface area contributed by atoms with Crippen molar-refractivity contribution in [1.29, 1.82) is 0 Å². The maximum atomic E-state index is 12.2. The molecule has 0 aliphatic heterocycles. The predicted octanol–water partition coefficient (Wildman–Crippen LogP) is 3.12. The van der Waals surface area contributed by atoms with Crippen LogP contribution in [0.1, 0.15) is 38.1 Å². The van der Waals surface area contributed by atoms with Gasteiger partial charge in [-0.1, -0.05) is 39.0 Å². The van der Waals surface area contributed by atoms with Crippen molar-refractivity contribution in [3.8, 4) is 0 Å². The summed E-state index contributed by atoms with van der Waals surface area (Å²) in [7, 11) is 0. The van der Waals surface area contributed by atoms with E-state index in [1.54, 1.807) is 0 Å². The van der Waals surface area contributed by atoms with Crippen LogP contribution < -0.4 is 0 Å². The molecule has 2 aromatic rings. The van der Waals surface area contributed by atoms with Crippen LogP contribution in [0, 0.1) is 12.3 Å². The van der Waals surface area contributed by atoms with E-state index in [2.05, 4.69) is 4.98 Å². The van der Waals surface area contributed by atoms with Crippen molar-refractivity contribution in [2.45, 2.75) is 33.8 Å². The van der Waals surface area contributed by atoms with Crippen LogP contribution in [-0.4, -0.2) is 15.9 Å². The molecule has 1 atom stereocenters. The summed E-state index contributed by atoms with van der Waals surface area (Å²) in [6, 6.07) is 7.71. The van der Waals surface area contributed by atoms with Crippen LogP contribution >= 0.6 is 0 Å². The number of aryl methyl sites for hydroxylation is 1. The average molecular weight is 245 g/mol. The van der Waals surface area contributed by atoms with Gasteiger partial charge in [-0.2, -0.15) is 0 Å². The Morgan fingerprint density at radius 3 is 2.50 bits per heavy atom. The Hall–Kier alpha value is -1.61. The van der Waals surface area contributed by atoms with E-state index in [0.29, 0.717) is 5.56 Å². The minimum atomic E-state index is -1.07. The molecule has 0 bridgehead atoms. The highest BCUT2D eigenvalue weighted by Crippen LogP contribution is 2.32. The number of H-pyrrole nitrogens is 1. The zero-order valence-electron chi connectivity index (χ0n) is 11.2. The number of hydrogen-bond donors (Lipinski definition) is 2. The lowest BCUT2D eigenvalue weighted by Crippen LogP contribution is -2.27. The Labute approximate surface area is 107 Å². The highest BCUT2D eigenvalue weighted by molar-refractivity contribution is 5.95. The van der Waals surface area contributed by atoms with Gasteiger partial charge in [-0.15, -0.1) is 0 Å². The molecule has 0 radical (unpaired) electrons. The SMILES string of the molecule is Cc1[nH]c2ccccc2c1C(O)C(=O)C(C)(C)C. The molecule has 3 nitrogen and oxygen atoms in total. The number of carbonyl (C=O) groups excluding carboxylic acids is 1. The van der Waals surface area contributed by atoms with Gasteiger partial charge in [-0.05, 0) is 13.0 Å². The van der Waals surface area contributed by atoms with Gasteiger partial charge in [0.1, 0.15) is 6.10 Å². The summed E-state index contributed by atoms with van der Waals surface area (Å²) in [5.41, 5.74) is 1.95. The first-order valence-corrected chi connectivity index (χ1v) is 6.12. The van der Waals surface area contributed by atoms with Gasteiger partial charge in [-0.25, -0.2) is 0 Å². The molecule has 0 fully saturated rings. The van der Waals surface area contributed by atoms with E-state index in [1.165, 1.54) is 0 Å². The number of carbonyl (C=O) groups is 1. The molecule has 1 aromatic carbocycles. The van der Waals surface area contributed by atoms with Gasteiger partial charge >= 0.3 is 0 Å². The molecular weight excluding hydrogens is 226 g/mol. The van der Waals surface area contributed by atoms with Crippen LogP contribution in [0.25, 0.3) is 10.9 Å². The molecule has 18 heavy (non-hydrogen) atoms. The molecule has 1 heterocycles. The highest BCUT2D eigenvalue weighted by atomic mass is 16.3. The first-order valence-electron chi connectivity index (χ1n) is 6.12. The van der Waals surface area contributed by atoms with E-state index < -0.39 is 11.5 Å². The number of aliphatic hydroxyl groups is 1. The molecule has 2 rings (SSSR count). The summed E-state index contributed by atoms with van der Waals surface area (Å²) in [5, 5.41) is 11.2. The summed E-state index contributed by atoms with van der Waals surface area (Å²) < 4.78 is 0. The van der Waals surface area contributed by atoms with Crippen molar-refractivity contribution in [2.24, 2.45) is 5.41 Å². The van der Waals surface area contributed by atoms with Crippen LogP contribution in [-0.2, 0) is 4.79 Å². The highest BCUT2D eigenvalue weighted by Gasteiger charge is 2.31. The van der Waals surface area contributed by atoms with Gasteiger partial charge in [0.25, 0.3) is 0 Å². The number of aliphatic hydroxyl groups excluding tert-OH is 1. The lowest BCUT2D eigenvalue weighted by atomic mass is 9.84. The fourth-order valence-electron chi connectivity index (χ4n) is 2.19. The van der Waals surface area contributed by atoms with E-state index in [4.69, 9.17) is 0 Å². The fraction of sp³-hybridized carbons (Fsp3) is 0.400. The van der Waals surface area contributed by atoms with Crippen LogP contribution in [0.4, 0.5) is 0 Å². The molecule has 0 aliphatic rings. The van der Waals surface area contributed by atoms with Crippen LogP contribution in [0.3, 0.4) is 0 Å². The van der Waals surface area contributed by atoms with Gasteiger partial charge in [0.2, 0.25) is 0 Å². The minimum absolute atomic E-state index is 0.157. The van der Waals surface area contributed by atoms with E-state index in [-0.39, 0.29) is 5.78 Å². The summed E-state index contributed by atoms with van der Waals surface area (Å²) >= 11 is 0. The number of rotatable bonds is 2. The summed E-state index contributed by atoms with van der Waals surface area (Å²) in [6.07, 6.45) is -1.07. The van der Waals surface area contributed by atoms with Crippen molar-refractivity contribution in [1.82, 2.24) is 4.98 Å². The molecule has 1 aromatic heterocycles. The Kier molecular flexibility index (Phi) is 3.03. The van der Waals surface area contributed by atoms with Crippen LogP contribution in [0.5, 0.6) is 0 Å². The third-order valence-electron chi connectivity index (χ3n) is 3.20. The molecule has 3 heteroatoms. The van der Waals surface area contributed by atoms with Crippen molar-refractivity contribution in [3.63, 3.8) is 0 Å². The molecular formula is C15H19NO2. The van der Waals surface area contributed by atoms with Gasteiger partial charge < -0.3 is 10.1 Å². The first kappa shape index (κ1) is 12.8. The van der Waals surface area contributed by atoms with Crippen molar-refractivity contribution in [3.05, 3.63) is 35.5 Å².